The molecular formula is C32H20OSi. The van der Waals surface area contributed by atoms with Gasteiger partial charge in [0.15, 0.2) is 8.32 Å². The van der Waals surface area contributed by atoms with Gasteiger partial charge in [-0.1, -0.05) is 25.7 Å². The Morgan fingerprint density at radius 2 is 0.824 bits per heavy atom. The van der Waals surface area contributed by atoms with E-state index in [2.05, 4.69) is 162 Å². The summed E-state index contributed by atoms with van der Waals surface area (Å²) in [6.07, 6.45) is 0.777. The Labute approximate surface area is 207 Å². The van der Waals surface area contributed by atoms with Crippen LogP contribution in [-0.2, 0) is 4.43 Å². The smallest absolute Gasteiger partial charge is 0.192 e. The van der Waals surface area contributed by atoms with Crippen molar-refractivity contribution in [3.63, 3.8) is 0 Å². The second-order valence-electron chi connectivity index (χ2n) is 6.35. The molecule has 0 saturated heterocycles. The van der Waals surface area contributed by atoms with E-state index in [0.717, 1.165) is 12.5 Å². The van der Waals surface area contributed by atoms with Crippen LogP contribution in [-0.4, -0.2) is 15.4 Å². The van der Waals surface area contributed by atoms with E-state index in [9.17, 15) is 0 Å². The highest BCUT2D eigenvalue weighted by Crippen LogP contribution is 2.26. The summed E-state index contributed by atoms with van der Waals surface area (Å²) in [6, 6.07) is 0.990. The molecule has 0 bridgehead atoms. The summed E-state index contributed by atoms with van der Waals surface area (Å²) < 4.78 is 5.71. The molecule has 0 fully saturated rings. The molecule has 0 spiro atoms. The molecule has 0 aliphatic heterocycles. The Kier molecular flexibility index (Phi) is 18.0. The quantitative estimate of drug-likeness (QED) is 0.475. The normalized spacial score (nSPS) is 7.94. The summed E-state index contributed by atoms with van der Waals surface area (Å²) in [5.41, 5.74) is 0.556. The maximum atomic E-state index is 5.71. The molecule has 0 heterocycles. The molecule has 0 saturated carbocycles. The first-order chi connectivity index (χ1) is 16.6. The van der Waals surface area contributed by atoms with E-state index in [4.69, 9.17) is 4.43 Å². The van der Waals surface area contributed by atoms with Gasteiger partial charge in [0.05, 0.1) is 0 Å². The lowest BCUT2D eigenvalue weighted by atomic mass is 10.4. The third kappa shape index (κ3) is 17.7. The van der Waals surface area contributed by atoms with E-state index >= 15 is 0 Å². The predicted octanol–water partition coefficient (Wildman–Crippen LogP) is 3.07. The summed E-state index contributed by atoms with van der Waals surface area (Å²) in [4.78, 5) is 0. The fourth-order valence-electron chi connectivity index (χ4n) is 1.73. The van der Waals surface area contributed by atoms with Crippen LogP contribution in [0.4, 0.5) is 0 Å². The summed E-state index contributed by atoms with van der Waals surface area (Å²) in [5, 5.41) is 0. The van der Waals surface area contributed by atoms with Crippen LogP contribution in [0.5, 0.6) is 0 Å². The van der Waals surface area contributed by atoms with E-state index in [0.29, 0.717) is 5.54 Å². The topological polar surface area (TPSA) is 9.23 Å². The minimum atomic E-state index is -1.67. The molecule has 0 rings (SSSR count). The van der Waals surface area contributed by atoms with Crippen LogP contribution in [0, 0.1) is 142 Å². The second kappa shape index (κ2) is 21.1. The van der Waals surface area contributed by atoms with Crippen LogP contribution in [0.3, 0.4) is 0 Å². The molecular weight excluding hydrogens is 428 g/mol. The van der Waals surface area contributed by atoms with Crippen LogP contribution in [0.25, 0.3) is 0 Å². The third-order valence-electron chi connectivity index (χ3n) is 3.96. The van der Waals surface area contributed by atoms with Gasteiger partial charge in [-0.3, -0.25) is 0 Å². The van der Waals surface area contributed by atoms with Gasteiger partial charge in [-0.15, -0.1) is 0 Å². The molecule has 0 amide bonds. The van der Waals surface area contributed by atoms with Gasteiger partial charge in [0.25, 0.3) is 0 Å². The average molecular weight is 449 g/mol. The Morgan fingerprint density at radius 3 is 1.09 bits per heavy atom. The van der Waals surface area contributed by atoms with Crippen LogP contribution in [0.1, 0.15) is 27.2 Å². The SMILES string of the molecule is CC#CC#CC#CC#CC#CC#CC#CC#CC#CC#CC#CC#CCC[Si](C)(OC)C(C)C. The lowest BCUT2D eigenvalue weighted by Crippen LogP contribution is -2.36. The second-order valence-corrected chi connectivity index (χ2v) is 11.0. The lowest BCUT2D eigenvalue weighted by molar-refractivity contribution is 0.387. The van der Waals surface area contributed by atoms with Gasteiger partial charge >= 0.3 is 0 Å². The molecule has 1 atom stereocenters. The molecule has 0 aromatic carbocycles. The summed E-state index contributed by atoms with van der Waals surface area (Å²) in [7, 11) is 0.122. The highest BCUT2D eigenvalue weighted by molar-refractivity contribution is 6.73. The van der Waals surface area contributed by atoms with Crippen molar-refractivity contribution >= 4 is 8.32 Å². The molecule has 0 N–H and O–H groups in total. The van der Waals surface area contributed by atoms with Gasteiger partial charge in [0, 0.05) is 49.1 Å². The van der Waals surface area contributed by atoms with Crippen molar-refractivity contribution in [1.29, 1.82) is 0 Å². The molecule has 158 valence electrons. The first kappa shape index (κ1) is 28.9. The maximum Gasteiger partial charge on any atom is 0.192 e. The fraction of sp³-hybridized carbons (Fsp3) is 0.250. The Hall–Kier alpha value is -5.10. The fourth-order valence-corrected chi connectivity index (χ4v) is 3.61. The highest BCUT2D eigenvalue weighted by atomic mass is 28.4. The molecule has 1 nitrogen and oxygen atoms in total. The molecule has 1 unspecified atom stereocenters. The Morgan fingerprint density at radius 1 is 0.529 bits per heavy atom. The van der Waals surface area contributed by atoms with Crippen molar-refractivity contribution in [2.45, 2.75) is 45.3 Å². The largest absolute Gasteiger partial charge is 0.420 e. The molecule has 0 aliphatic carbocycles. The standard InChI is InChI=1S/C32H20OSi/c1-6-7-8-9-10-11-12-13-14-15-16-17-18-19-20-21-22-23-24-25-26-27-28-29-30-31-34(5,33-4)32(2)3/h32H,30-31H2,1-5H3. The zero-order valence-corrected chi connectivity index (χ0v) is 20.9. The van der Waals surface area contributed by atoms with Crippen LogP contribution < -0.4 is 0 Å². The van der Waals surface area contributed by atoms with Gasteiger partial charge in [0.2, 0.25) is 0 Å². The van der Waals surface area contributed by atoms with Crippen molar-refractivity contribution in [3.8, 4) is 142 Å². The van der Waals surface area contributed by atoms with E-state index in [1.807, 2.05) is 0 Å². The first-order valence-electron chi connectivity index (χ1n) is 10.0. The van der Waals surface area contributed by atoms with E-state index in [-0.39, 0.29) is 0 Å². The van der Waals surface area contributed by atoms with E-state index in [1.165, 1.54) is 0 Å². The van der Waals surface area contributed by atoms with Gasteiger partial charge in [-0.05, 0) is 120 Å². The minimum absolute atomic E-state index is 0.556. The molecule has 0 aliphatic rings. The zero-order chi connectivity index (χ0) is 25.2. The summed E-state index contributed by atoms with van der Waals surface area (Å²) >= 11 is 0. The Bertz CT molecular complexity index is 1500. The molecule has 2 heteroatoms. The third-order valence-corrected chi connectivity index (χ3v) is 8.58. The van der Waals surface area contributed by atoms with Gasteiger partial charge in [0.1, 0.15) is 0 Å². The van der Waals surface area contributed by atoms with Crippen molar-refractivity contribution in [3.05, 3.63) is 0 Å². The van der Waals surface area contributed by atoms with E-state index < -0.39 is 8.32 Å². The van der Waals surface area contributed by atoms with Crippen molar-refractivity contribution in [2.24, 2.45) is 0 Å². The molecule has 34 heavy (non-hydrogen) atoms. The van der Waals surface area contributed by atoms with Crippen LogP contribution in [0.2, 0.25) is 18.1 Å². The Balaban J connectivity index is 4.46. The number of hydrogen-bond acceptors (Lipinski definition) is 1. The van der Waals surface area contributed by atoms with Gasteiger partial charge in [-0.2, -0.15) is 0 Å². The highest BCUT2D eigenvalue weighted by Gasteiger charge is 2.30. The monoisotopic (exact) mass is 448 g/mol. The molecule has 0 aromatic heterocycles. The van der Waals surface area contributed by atoms with Gasteiger partial charge < -0.3 is 4.43 Å². The molecule has 0 aromatic rings. The van der Waals surface area contributed by atoms with Crippen molar-refractivity contribution < 1.29 is 4.43 Å². The predicted molar refractivity (Wildman–Crippen MR) is 142 cm³/mol. The van der Waals surface area contributed by atoms with Crippen molar-refractivity contribution in [1.82, 2.24) is 0 Å². The average Bonchev–Trinajstić information content (AvgIpc) is 2.83. The zero-order valence-electron chi connectivity index (χ0n) is 19.9. The van der Waals surface area contributed by atoms with Gasteiger partial charge in [-0.25, -0.2) is 0 Å². The van der Waals surface area contributed by atoms with E-state index in [1.54, 1.807) is 14.0 Å². The van der Waals surface area contributed by atoms with Crippen LogP contribution in [0.15, 0.2) is 0 Å². The maximum absolute atomic E-state index is 5.71. The van der Waals surface area contributed by atoms with Crippen molar-refractivity contribution in [2.75, 3.05) is 7.11 Å². The van der Waals surface area contributed by atoms with Crippen LogP contribution >= 0.6 is 0 Å². The minimum Gasteiger partial charge on any atom is -0.420 e. The lowest BCUT2D eigenvalue weighted by Gasteiger charge is -2.28. The summed E-state index contributed by atoms with van der Waals surface area (Å²) in [5.74, 6) is 62.1. The first-order valence-corrected chi connectivity index (χ1v) is 12.7. The molecule has 0 radical (unpaired) electrons. The summed E-state index contributed by atoms with van der Waals surface area (Å²) in [6.45, 7) is 8.32. The number of hydrogen-bond donors (Lipinski definition) is 0. The number of rotatable bonds is 4.